The van der Waals surface area contributed by atoms with Gasteiger partial charge in [-0.15, -0.1) is 5.10 Å². The molecule has 0 bridgehead atoms. The fourth-order valence-corrected chi connectivity index (χ4v) is 5.73. The number of nitrogens with zero attached hydrogens (tertiary/aromatic N) is 5. The van der Waals surface area contributed by atoms with Crippen molar-refractivity contribution in [1.29, 1.82) is 0 Å². The van der Waals surface area contributed by atoms with Gasteiger partial charge in [0, 0.05) is 36.6 Å². The second-order valence-electron chi connectivity index (χ2n) is 11.0. The second-order valence-corrected chi connectivity index (χ2v) is 11.0. The molecule has 0 saturated carbocycles. The maximum atomic E-state index is 15.1. The minimum atomic E-state index is -1.17. The number of benzene rings is 4. The first-order valence-corrected chi connectivity index (χ1v) is 15.0. The van der Waals surface area contributed by atoms with Crippen molar-refractivity contribution in [3.8, 4) is 11.5 Å². The number of hydrogen-bond donors (Lipinski definition) is 1. The van der Waals surface area contributed by atoms with Crippen LogP contribution in [0.3, 0.4) is 0 Å². The van der Waals surface area contributed by atoms with Gasteiger partial charge in [-0.3, -0.25) is 9.59 Å². The van der Waals surface area contributed by atoms with Crippen LogP contribution in [0.2, 0.25) is 0 Å². The lowest BCUT2D eigenvalue weighted by Gasteiger charge is -2.32. The number of anilines is 2. The number of halogens is 1. The van der Waals surface area contributed by atoms with E-state index in [1.54, 1.807) is 42.5 Å². The number of morpholine rings is 1. The molecule has 1 atom stereocenters. The highest BCUT2D eigenvalue weighted by atomic mass is 19.1. The van der Waals surface area contributed by atoms with Crippen molar-refractivity contribution in [3.63, 3.8) is 0 Å². The lowest BCUT2D eigenvalue weighted by atomic mass is 10.0. The molecule has 0 unspecified atom stereocenters. The summed E-state index contributed by atoms with van der Waals surface area (Å²) in [5.41, 5.74) is 3.58. The van der Waals surface area contributed by atoms with Gasteiger partial charge in [-0.05, 0) is 60.2 Å². The number of para-hydroxylation sites is 1. The van der Waals surface area contributed by atoms with E-state index in [9.17, 15) is 9.59 Å². The molecule has 1 N–H and O–H groups in total. The van der Waals surface area contributed by atoms with Gasteiger partial charge < -0.3 is 29.3 Å². The zero-order valence-electron chi connectivity index (χ0n) is 24.8. The van der Waals surface area contributed by atoms with E-state index >= 15 is 4.39 Å². The Morgan fingerprint density at radius 2 is 1.67 bits per heavy atom. The first kappa shape index (κ1) is 29.2. The van der Waals surface area contributed by atoms with Crippen molar-refractivity contribution < 1.29 is 28.2 Å². The predicted octanol–water partition coefficient (Wildman–Crippen LogP) is 4.54. The van der Waals surface area contributed by atoms with Gasteiger partial charge in [0.15, 0.2) is 11.5 Å². The third kappa shape index (κ3) is 6.07. The molecule has 4 aromatic carbocycles. The molecule has 0 aliphatic carbocycles. The summed E-state index contributed by atoms with van der Waals surface area (Å²) in [6, 6.07) is 24.9. The molecule has 0 radical (unpaired) electrons. The Morgan fingerprint density at radius 1 is 0.913 bits per heavy atom. The molecule has 1 aromatic heterocycles. The van der Waals surface area contributed by atoms with Crippen molar-refractivity contribution in [1.82, 2.24) is 19.9 Å². The number of fused-ring (bicyclic) bond motifs is 2. The summed E-state index contributed by atoms with van der Waals surface area (Å²) >= 11 is 0. The van der Waals surface area contributed by atoms with Gasteiger partial charge in [0.1, 0.15) is 23.9 Å². The smallest absolute Gasteiger partial charge is 0.251 e. The summed E-state index contributed by atoms with van der Waals surface area (Å²) in [6.45, 7) is 2.52. The Kier molecular flexibility index (Phi) is 8.17. The highest BCUT2D eigenvalue weighted by molar-refractivity contribution is 5.98. The first-order valence-electron chi connectivity index (χ1n) is 15.0. The lowest BCUT2D eigenvalue weighted by Crippen LogP contribution is -2.42. The first-order chi connectivity index (χ1) is 22.5. The molecule has 46 heavy (non-hydrogen) atoms. The number of ether oxygens (including phenoxy) is 3. The molecule has 3 heterocycles. The van der Waals surface area contributed by atoms with E-state index in [0.29, 0.717) is 47.0 Å². The van der Waals surface area contributed by atoms with Crippen LogP contribution in [0.15, 0.2) is 91.0 Å². The van der Waals surface area contributed by atoms with Gasteiger partial charge in [-0.25, -0.2) is 9.07 Å². The SMILES string of the molecule is O=C(Nc1ccc(N2CCOCC2)cc1)[C@@H](c1ccc2c(c1)OCO2)N(Cc1ccccc1F)C(=O)Cn1nnc2ccccc21. The molecule has 11 nitrogen and oxygen atoms in total. The molecule has 2 aliphatic heterocycles. The van der Waals surface area contributed by atoms with Crippen LogP contribution in [0, 0.1) is 5.82 Å². The molecule has 2 amide bonds. The van der Waals surface area contributed by atoms with Crippen LogP contribution < -0.4 is 19.7 Å². The van der Waals surface area contributed by atoms with Crippen molar-refractivity contribution in [3.05, 3.63) is 108 Å². The van der Waals surface area contributed by atoms with Gasteiger partial charge in [-0.2, -0.15) is 0 Å². The predicted molar refractivity (Wildman–Crippen MR) is 168 cm³/mol. The minimum Gasteiger partial charge on any atom is -0.454 e. The van der Waals surface area contributed by atoms with Crippen LogP contribution in [-0.2, 0) is 27.4 Å². The van der Waals surface area contributed by atoms with E-state index in [1.807, 2.05) is 42.5 Å². The van der Waals surface area contributed by atoms with Crippen LogP contribution in [0.25, 0.3) is 11.0 Å². The quantitative estimate of drug-likeness (QED) is 0.255. The zero-order chi connectivity index (χ0) is 31.5. The van der Waals surface area contributed by atoms with E-state index in [2.05, 4.69) is 20.5 Å². The Morgan fingerprint density at radius 3 is 2.50 bits per heavy atom. The van der Waals surface area contributed by atoms with Crippen LogP contribution in [0.1, 0.15) is 17.2 Å². The fourth-order valence-electron chi connectivity index (χ4n) is 5.73. The molecule has 1 saturated heterocycles. The average Bonchev–Trinajstić information content (AvgIpc) is 3.73. The molecule has 7 rings (SSSR count). The molecule has 5 aromatic rings. The summed E-state index contributed by atoms with van der Waals surface area (Å²) in [7, 11) is 0. The normalized spacial score (nSPS) is 14.7. The van der Waals surface area contributed by atoms with Crippen molar-refractivity contribution in [2.45, 2.75) is 19.1 Å². The maximum absolute atomic E-state index is 15.1. The third-order valence-corrected chi connectivity index (χ3v) is 8.11. The standard InChI is InChI=1S/C34H31FN6O5/c35-27-6-2-1-5-24(27)20-40(32(42)21-41-29-8-4-3-7-28(29)37-38-41)33(23-9-14-30-31(19-23)46-22-45-30)34(43)36-25-10-12-26(13-11-25)39-15-17-44-18-16-39/h1-14,19,33H,15-18,20-22H2,(H,36,43)/t33-/m1/s1. The highest BCUT2D eigenvalue weighted by Gasteiger charge is 2.34. The van der Waals surface area contributed by atoms with Gasteiger partial charge >= 0.3 is 0 Å². The van der Waals surface area contributed by atoms with Crippen molar-refractivity contribution >= 4 is 34.2 Å². The molecule has 1 fully saturated rings. The molecule has 0 spiro atoms. The Balaban J connectivity index is 1.25. The van der Waals surface area contributed by atoms with Crippen LogP contribution in [0.5, 0.6) is 11.5 Å². The summed E-state index contributed by atoms with van der Waals surface area (Å²) in [4.78, 5) is 32.1. The number of rotatable bonds is 9. The Bertz CT molecular complexity index is 1870. The number of aromatic nitrogens is 3. The number of hydrogen-bond acceptors (Lipinski definition) is 8. The maximum Gasteiger partial charge on any atom is 0.251 e. The summed E-state index contributed by atoms with van der Waals surface area (Å²) in [5, 5.41) is 11.3. The van der Waals surface area contributed by atoms with E-state index < -0.39 is 23.7 Å². The minimum absolute atomic E-state index is 0.0440. The fraction of sp³-hybridized carbons (Fsp3) is 0.235. The second kappa shape index (κ2) is 12.9. The van der Waals surface area contributed by atoms with Crippen LogP contribution in [-0.4, -0.2) is 64.8 Å². The third-order valence-electron chi connectivity index (χ3n) is 8.11. The largest absolute Gasteiger partial charge is 0.454 e. The average molecular weight is 623 g/mol. The zero-order valence-corrected chi connectivity index (χ0v) is 24.8. The Hall–Kier alpha value is -5.49. The van der Waals surface area contributed by atoms with E-state index in [4.69, 9.17) is 14.2 Å². The molecular formula is C34H31FN6O5. The van der Waals surface area contributed by atoms with Crippen molar-refractivity contribution in [2.75, 3.05) is 43.3 Å². The highest BCUT2D eigenvalue weighted by Crippen LogP contribution is 2.37. The summed E-state index contributed by atoms with van der Waals surface area (Å²) in [5.74, 6) is -0.450. The van der Waals surface area contributed by atoms with Gasteiger partial charge in [-0.1, -0.05) is 41.6 Å². The summed E-state index contributed by atoms with van der Waals surface area (Å²) < 4.78 is 33.1. The lowest BCUT2D eigenvalue weighted by molar-refractivity contribution is -0.140. The van der Waals surface area contributed by atoms with E-state index in [1.165, 1.54) is 15.6 Å². The van der Waals surface area contributed by atoms with Gasteiger partial charge in [0.25, 0.3) is 5.91 Å². The number of nitrogens with one attached hydrogen (secondary N) is 1. The Labute approximate surface area is 264 Å². The number of carbonyl (C=O) groups is 2. The molecule has 234 valence electrons. The molecular weight excluding hydrogens is 591 g/mol. The van der Waals surface area contributed by atoms with E-state index in [-0.39, 0.29) is 25.4 Å². The van der Waals surface area contributed by atoms with Gasteiger partial charge in [0.05, 0.1) is 18.7 Å². The molecule has 12 heteroatoms. The van der Waals surface area contributed by atoms with Crippen LogP contribution >= 0.6 is 0 Å². The number of amides is 2. The van der Waals surface area contributed by atoms with Gasteiger partial charge in [0.2, 0.25) is 12.7 Å². The summed E-state index contributed by atoms with van der Waals surface area (Å²) in [6.07, 6.45) is 0. The van der Waals surface area contributed by atoms with E-state index in [0.717, 1.165) is 18.8 Å². The monoisotopic (exact) mass is 622 g/mol. The topological polar surface area (TPSA) is 111 Å². The van der Waals surface area contributed by atoms with Crippen molar-refractivity contribution in [2.24, 2.45) is 0 Å². The number of carbonyl (C=O) groups excluding carboxylic acids is 2. The van der Waals surface area contributed by atoms with Crippen LogP contribution in [0.4, 0.5) is 15.8 Å². The molecule has 2 aliphatic rings.